The molecule has 0 saturated carbocycles. The average molecular weight is 201 g/mol. The number of aromatic nitrogens is 2. The van der Waals surface area contributed by atoms with Crippen molar-refractivity contribution < 1.29 is 9.90 Å². The van der Waals surface area contributed by atoms with Crippen molar-refractivity contribution in [2.75, 3.05) is 11.9 Å². The predicted octanol–water partition coefficient (Wildman–Crippen LogP) is 1.06. The van der Waals surface area contributed by atoms with Crippen molar-refractivity contribution in [3.05, 3.63) is 6.33 Å². The molecular formula is C7H11N3O2S. The van der Waals surface area contributed by atoms with Crippen LogP contribution in [0.1, 0.15) is 13.3 Å². The van der Waals surface area contributed by atoms with Crippen LogP contribution in [-0.2, 0) is 4.79 Å². The third kappa shape index (κ3) is 3.37. The van der Waals surface area contributed by atoms with Crippen molar-refractivity contribution in [3.63, 3.8) is 0 Å². The number of aliphatic carboxylic acids is 1. The van der Waals surface area contributed by atoms with Gasteiger partial charge in [-0.15, -0.1) is 0 Å². The van der Waals surface area contributed by atoms with Gasteiger partial charge < -0.3 is 10.4 Å². The maximum Gasteiger partial charge on any atom is 0.306 e. The molecule has 0 aliphatic rings. The smallest absolute Gasteiger partial charge is 0.306 e. The number of carboxylic acids is 1. The van der Waals surface area contributed by atoms with E-state index in [0.717, 1.165) is 5.13 Å². The summed E-state index contributed by atoms with van der Waals surface area (Å²) < 4.78 is 3.81. The van der Waals surface area contributed by atoms with Crippen LogP contribution in [0.5, 0.6) is 0 Å². The van der Waals surface area contributed by atoms with Gasteiger partial charge >= 0.3 is 5.97 Å². The maximum absolute atomic E-state index is 10.4. The number of nitrogens with zero attached hydrogens (tertiary/aromatic N) is 2. The number of rotatable bonds is 5. The van der Waals surface area contributed by atoms with Gasteiger partial charge in [-0.2, -0.15) is 4.37 Å². The molecule has 1 aromatic rings. The minimum Gasteiger partial charge on any atom is -0.481 e. The third-order valence-electron chi connectivity index (χ3n) is 1.64. The topological polar surface area (TPSA) is 75.1 Å². The molecule has 5 nitrogen and oxygen atoms in total. The summed E-state index contributed by atoms with van der Waals surface area (Å²) in [5.41, 5.74) is 0. The average Bonchev–Trinajstić information content (AvgIpc) is 2.56. The third-order valence-corrected chi connectivity index (χ3v) is 2.26. The van der Waals surface area contributed by atoms with Gasteiger partial charge in [0.25, 0.3) is 0 Å². The Bertz CT molecular complexity index is 263. The lowest BCUT2D eigenvalue weighted by Crippen LogP contribution is -2.14. The minimum atomic E-state index is -0.765. The Kier molecular flexibility index (Phi) is 3.63. The second-order valence-electron chi connectivity index (χ2n) is 2.70. The van der Waals surface area contributed by atoms with Gasteiger partial charge in [0.1, 0.15) is 6.33 Å². The van der Waals surface area contributed by atoms with Gasteiger partial charge in [-0.25, -0.2) is 4.98 Å². The molecule has 0 amide bonds. The molecule has 13 heavy (non-hydrogen) atoms. The van der Waals surface area contributed by atoms with E-state index in [1.165, 1.54) is 17.9 Å². The molecule has 0 bridgehead atoms. The van der Waals surface area contributed by atoms with Crippen molar-refractivity contribution >= 4 is 22.6 Å². The van der Waals surface area contributed by atoms with E-state index in [9.17, 15) is 4.79 Å². The van der Waals surface area contributed by atoms with E-state index < -0.39 is 5.97 Å². The summed E-state index contributed by atoms with van der Waals surface area (Å²) in [7, 11) is 0. The summed E-state index contributed by atoms with van der Waals surface area (Å²) in [6.45, 7) is 2.30. The Morgan fingerprint density at radius 1 is 1.85 bits per heavy atom. The van der Waals surface area contributed by atoms with Crippen molar-refractivity contribution in [1.29, 1.82) is 0 Å². The first-order valence-electron chi connectivity index (χ1n) is 3.93. The summed E-state index contributed by atoms with van der Waals surface area (Å²) in [6.07, 6.45) is 2.06. The first-order chi connectivity index (χ1) is 6.20. The van der Waals surface area contributed by atoms with Gasteiger partial charge in [0.15, 0.2) is 0 Å². The fourth-order valence-electron chi connectivity index (χ4n) is 0.770. The number of carbonyl (C=O) groups is 1. The fraction of sp³-hybridized carbons (Fsp3) is 0.571. The molecule has 1 unspecified atom stereocenters. The van der Waals surface area contributed by atoms with Crippen LogP contribution in [-0.4, -0.2) is 27.0 Å². The highest BCUT2D eigenvalue weighted by Crippen LogP contribution is 2.08. The largest absolute Gasteiger partial charge is 0.481 e. The zero-order valence-electron chi connectivity index (χ0n) is 7.23. The molecule has 0 radical (unpaired) electrons. The highest BCUT2D eigenvalue weighted by molar-refractivity contribution is 7.09. The Hall–Kier alpha value is -1.17. The van der Waals surface area contributed by atoms with Gasteiger partial charge in [-0.3, -0.25) is 4.79 Å². The summed E-state index contributed by atoms with van der Waals surface area (Å²) in [5, 5.41) is 12.3. The lowest BCUT2D eigenvalue weighted by molar-refractivity contribution is -0.141. The van der Waals surface area contributed by atoms with Gasteiger partial charge in [-0.1, -0.05) is 6.92 Å². The Morgan fingerprint density at radius 3 is 3.15 bits per heavy atom. The zero-order chi connectivity index (χ0) is 9.68. The summed E-state index contributed by atoms with van der Waals surface area (Å²) >= 11 is 1.26. The molecule has 72 valence electrons. The molecule has 1 aromatic heterocycles. The number of anilines is 1. The molecule has 2 N–H and O–H groups in total. The maximum atomic E-state index is 10.4. The molecule has 6 heteroatoms. The summed E-state index contributed by atoms with van der Waals surface area (Å²) in [6, 6.07) is 0. The predicted molar refractivity (Wildman–Crippen MR) is 49.8 cm³/mol. The van der Waals surface area contributed by atoms with E-state index >= 15 is 0 Å². The molecule has 0 fully saturated rings. The Labute approximate surface area is 80.0 Å². The van der Waals surface area contributed by atoms with Gasteiger partial charge in [-0.05, 0) is 6.42 Å². The standard InChI is InChI=1S/C7H11N3O2S/c1-5(6(11)12)2-3-8-7-9-4-10-13-7/h4-5H,2-3H2,1H3,(H,11,12)(H,8,9,10). The molecule has 1 rings (SSSR count). The van der Waals surface area contributed by atoms with Crippen molar-refractivity contribution in [3.8, 4) is 0 Å². The monoisotopic (exact) mass is 201 g/mol. The number of hydrogen-bond donors (Lipinski definition) is 2. The van der Waals surface area contributed by atoms with Crippen LogP contribution in [0.25, 0.3) is 0 Å². The quantitative estimate of drug-likeness (QED) is 0.745. The van der Waals surface area contributed by atoms with Crippen LogP contribution in [0.2, 0.25) is 0 Å². The molecular weight excluding hydrogens is 190 g/mol. The molecule has 0 aliphatic carbocycles. The first-order valence-corrected chi connectivity index (χ1v) is 4.71. The van der Waals surface area contributed by atoms with E-state index in [4.69, 9.17) is 5.11 Å². The molecule has 0 aromatic carbocycles. The van der Waals surface area contributed by atoms with E-state index in [1.54, 1.807) is 6.92 Å². The molecule has 0 spiro atoms. The highest BCUT2D eigenvalue weighted by atomic mass is 32.1. The number of carboxylic acid groups (broad SMARTS) is 1. The summed E-state index contributed by atoms with van der Waals surface area (Å²) in [4.78, 5) is 14.3. The minimum absolute atomic E-state index is 0.319. The van der Waals surface area contributed by atoms with Gasteiger partial charge in [0, 0.05) is 18.1 Å². The summed E-state index contributed by atoms with van der Waals surface area (Å²) in [5.74, 6) is -1.08. The Balaban J connectivity index is 2.18. The van der Waals surface area contributed by atoms with Crippen LogP contribution in [0.4, 0.5) is 5.13 Å². The molecule has 1 atom stereocenters. The van der Waals surface area contributed by atoms with Gasteiger partial charge in [0.05, 0.1) is 5.92 Å². The van der Waals surface area contributed by atoms with Crippen molar-refractivity contribution in [2.45, 2.75) is 13.3 Å². The van der Waals surface area contributed by atoms with Gasteiger partial charge in [0.2, 0.25) is 5.13 Å². The second kappa shape index (κ2) is 4.76. The second-order valence-corrected chi connectivity index (χ2v) is 3.48. The Morgan fingerprint density at radius 2 is 2.62 bits per heavy atom. The normalized spacial score (nSPS) is 12.4. The molecule has 0 aliphatic heterocycles. The fourth-order valence-corrected chi connectivity index (χ4v) is 1.23. The van der Waals surface area contributed by atoms with E-state index in [-0.39, 0.29) is 5.92 Å². The molecule has 0 saturated heterocycles. The SMILES string of the molecule is CC(CCNc1ncns1)C(=O)O. The van der Waals surface area contributed by atoms with Crippen LogP contribution in [0, 0.1) is 5.92 Å². The van der Waals surface area contributed by atoms with Crippen molar-refractivity contribution in [2.24, 2.45) is 5.92 Å². The lowest BCUT2D eigenvalue weighted by Gasteiger charge is -2.05. The van der Waals surface area contributed by atoms with Crippen LogP contribution >= 0.6 is 11.5 Å². The highest BCUT2D eigenvalue weighted by Gasteiger charge is 2.09. The van der Waals surface area contributed by atoms with Crippen molar-refractivity contribution in [1.82, 2.24) is 9.36 Å². The van der Waals surface area contributed by atoms with E-state index in [0.29, 0.717) is 13.0 Å². The van der Waals surface area contributed by atoms with Crippen LogP contribution in [0.3, 0.4) is 0 Å². The first kappa shape index (κ1) is 9.91. The zero-order valence-corrected chi connectivity index (χ0v) is 8.04. The number of hydrogen-bond acceptors (Lipinski definition) is 5. The van der Waals surface area contributed by atoms with E-state index in [2.05, 4.69) is 14.7 Å². The van der Waals surface area contributed by atoms with Crippen LogP contribution < -0.4 is 5.32 Å². The lowest BCUT2D eigenvalue weighted by atomic mass is 10.1. The van der Waals surface area contributed by atoms with E-state index in [1.807, 2.05) is 0 Å². The van der Waals surface area contributed by atoms with Crippen LogP contribution in [0.15, 0.2) is 6.33 Å². The molecule has 1 heterocycles. The number of nitrogens with one attached hydrogen (secondary N) is 1.